The van der Waals surface area contributed by atoms with Crippen molar-refractivity contribution in [2.45, 2.75) is 18.4 Å². The van der Waals surface area contributed by atoms with Crippen LogP contribution in [0.5, 0.6) is 0 Å². The molecular weight excluding hydrogens is 372 g/mol. The molecule has 1 N–H and O–H groups in total. The number of sulfonamides is 1. The lowest BCUT2D eigenvalue weighted by Gasteiger charge is -2.18. The van der Waals surface area contributed by atoms with E-state index in [2.05, 4.69) is 4.72 Å². The van der Waals surface area contributed by atoms with E-state index in [0.717, 1.165) is 11.1 Å². The second-order valence-electron chi connectivity index (χ2n) is 6.65. The van der Waals surface area contributed by atoms with Crippen molar-refractivity contribution in [3.05, 3.63) is 95.6 Å². The van der Waals surface area contributed by atoms with E-state index in [4.69, 9.17) is 0 Å². The van der Waals surface area contributed by atoms with Crippen molar-refractivity contribution in [1.82, 2.24) is 4.90 Å². The average molecular weight is 394 g/mol. The monoisotopic (exact) mass is 394 g/mol. The van der Waals surface area contributed by atoms with Crippen molar-refractivity contribution >= 4 is 21.6 Å². The third kappa shape index (κ3) is 4.78. The zero-order valence-electron chi connectivity index (χ0n) is 15.8. The van der Waals surface area contributed by atoms with Gasteiger partial charge in [0, 0.05) is 24.8 Å². The van der Waals surface area contributed by atoms with Crippen LogP contribution in [0.1, 0.15) is 21.5 Å². The number of carbonyl (C=O) groups is 1. The minimum Gasteiger partial charge on any atom is -0.337 e. The van der Waals surface area contributed by atoms with Crippen molar-refractivity contribution < 1.29 is 13.2 Å². The first-order valence-corrected chi connectivity index (χ1v) is 10.3. The van der Waals surface area contributed by atoms with Gasteiger partial charge in [-0.15, -0.1) is 0 Å². The van der Waals surface area contributed by atoms with Gasteiger partial charge >= 0.3 is 0 Å². The van der Waals surface area contributed by atoms with E-state index < -0.39 is 10.0 Å². The minimum absolute atomic E-state index is 0.177. The normalized spacial score (nSPS) is 11.1. The van der Waals surface area contributed by atoms with Crippen LogP contribution in [-0.4, -0.2) is 26.3 Å². The number of nitrogens with one attached hydrogen (secondary N) is 1. The molecule has 0 aromatic heterocycles. The topological polar surface area (TPSA) is 66.5 Å². The van der Waals surface area contributed by atoms with Gasteiger partial charge in [0.25, 0.3) is 15.9 Å². The number of anilines is 1. The summed E-state index contributed by atoms with van der Waals surface area (Å²) in [6.45, 7) is 2.36. The molecule has 0 saturated heterocycles. The number of hydrogen-bond donors (Lipinski definition) is 1. The molecule has 0 heterocycles. The summed E-state index contributed by atoms with van der Waals surface area (Å²) in [7, 11) is -2.00. The fourth-order valence-corrected chi connectivity index (χ4v) is 3.85. The van der Waals surface area contributed by atoms with E-state index in [0.29, 0.717) is 17.8 Å². The molecule has 0 aliphatic carbocycles. The largest absolute Gasteiger partial charge is 0.337 e. The van der Waals surface area contributed by atoms with Gasteiger partial charge in [-0.3, -0.25) is 9.52 Å². The lowest BCUT2D eigenvalue weighted by Crippen LogP contribution is -2.26. The van der Waals surface area contributed by atoms with Crippen LogP contribution < -0.4 is 4.72 Å². The third-order valence-corrected chi connectivity index (χ3v) is 5.70. The molecule has 0 aliphatic rings. The van der Waals surface area contributed by atoms with E-state index in [1.54, 1.807) is 60.5 Å². The fourth-order valence-electron chi connectivity index (χ4n) is 2.80. The number of carbonyl (C=O) groups excluding carboxylic acids is 1. The molecule has 0 saturated carbocycles. The standard InChI is InChI=1S/C22H22N2O3S/c1-17-11-13-21(14-12-17)28(26,27)23-20-10-6-9-19(15-20)22(25)24(2)16-18-7-4-3-5-8-18/h3-15,23H,16H2,1-2H3. The van der Waals surface area contributed by atoms with Gasteiger partial charge in [-0.1, -0.05) is 54.1 Å². The lowest BCUT2D eigenvalue weighted by molar-refractivity contribution is 0.0785. The summed E-state index contributed by atoms with van der Waals surface area (Å²) in [5.74, 6) is -0.180. The molecule has 1 amide bonds. The SMILES string of the molecule is Cc1ccc(S(=O)(=O)Nc2cccc(C(=O)N(C)Cc3ccccc3)c2)cc1. The molecule has 0 fully saturated rings. The Morgan fingerprint density at radius 1 is 0.929 bits per heavy atom. The Kier molecular flexibility index (Phi) is 5.80. The summed E-state index contributed by atoms with van der Waals surface area (Å²) in [4.78, 5) is 14.5. The smallest absolute Gasteiger partial charge is 0.261 e. The first kappa shape index (κ1) is 19.6. The van der Waals surface area contributed by atoms with Crippen molar-refractivity contribution in [3.8, 4) is 0 Å². The zero-order chi connectivity index (χ0) is 20.1. The predicted octanol–water partition coefficient (Wildman–Crippen LogP) is 4.07. The molecule has 0 radical (unpaired) electrons. The molecule has 0 bridgehead atoms. The fraction of sp³-hybridized carbons (Fsp3) is 0.136. The van der Waals surface area contributed by atoms with Gasteiger partial charge in [0.15, 0.2) is 0 Å². The van der Waals surface area contributed by atoms with Crippen LogP contribution in [0.25, 0.3) is 0 Å². The number of hydrogen-bond acceptors (Lipinski definition) is 3. The van der Waals surface area contributed by atoms with Gasteiger partial charge in [-0.05, 0) is 42.8 Å². The summed E-state index contributed by atoms with van der Waals surface area (Å²) in [5, 5.41) is 0. The van der Waals surface area contributed by atoms with Crippen LogP contribution in [0.2, 0.25) is 0 Å². The highest BCUT2D eigenvalue weighted by Crippen LogP contribution is 2.19. The van der Waals surface area contributed by atoms with Gasteiger partial charge in [0.2, 0.25) is 0 Å². The highest BCUT2D eigenvalue weighted by molar-refractivity contribution is 7.92. The molecule has 3 aromatic rings. The Morgan fingerprint density at radius 2 is 1.61 bits per heavy atom. The molecule has 5 nitrogen and oxygen atoms in total. The second kappa shape index (κ2) is 8.27. The highest BCUT2D eigenvalue weighted by Gasteiger charge is 2.16. The second-order valence-corrected chi connectivity index (χ2v) is 8.33. The van der Waals surface area contributed by atoms with Crippen LogP contribution in [-0.2, 0) is 16.6 Å². The Bertz CT molecular complexity index is 1060. The van der Waals surface area contributed by atoms with E-state index in [1.807, 2.05) is 37.3 Å². The van der Waals surface area contributed by atoms with Gasteiger partial charge in [-0.2, -0.15) is 0 Å². The minimum atomic E-state index is -3.72. The number of rotatable bonds is 6. The molecular formula is C22H22N2O3S. The van der Waals surface area contributed by atoms with Crippen LogP contribution in [0.3, 0.4) is 0 Å². The van der Waals surface area contributed by atoms with Crippen molar-refractivity contribution in [3.63, 3.8) is 0 Å². The number of benzene rings is 3. The molecule has 0 aliphatic heterocycles. The van der Waals surface area contributed by atoms with Crippen molar-refractivity contribution in [2.75, 3.05) is 11.8 Å². The molecule has 0 unspecified atom stereocenters. The van der Waals surface area contributed by atoms with Gasteiger partial charge < -0.3 is 4.90 Å². The first-order chi connectivity index (χ1) is 13.3. The lowest BCUT2D eigenvalue weighted by atomic mass is 10.1. The highest BCUT2D eigenvalue weighted by atomic mass is 32.2. The van der Waals surface area contributed by atoms with Gasteiger partial charge in [-0.25, -0.2) is 8.42 Å². The maximum atomic E-state index is 12.7. The molecule has 0 spiro atoms. The summed E-state index contributed by atoms with van der Waals surface area (Å²) in [6.07, 6.45) is 0. The summed E-state index contributed by atoms with van der Waals surface area (Å²) >= 11 is 0. The molecule has 3 rings (SSSR count). The van der Waals surface area contributed by atoms with E-state index >= 15 is 0 Å². The van der Waals surface area contributed by atoms with Gasteiger partial charge in [0.1, 0.15) is 0 Å². The van der Waals surface area contributed by atoms with E-state index in [1.165, 1.54) is 0 Å². The molecule has 6 heteroatoms. The van der Waals surface area contributed by atoms with Crippen molar-refractivity contribution in [1.29, 1.82) is 0 Å². The number of aryl methyl sites for hydroxylation is 1. The maximum Gasteiger partial charge on any atom is 0.261 e. The molecule has 3 aromatic carbocycles. The third-order valence-electron chi connectivity index (χ3n) is 4.30. The predicted molar refractivity (Wildman–Crippen MR) is 111 cm³/mol. The Morgan fingerprint density at radius 3 is 2.29 bits per heavy atom. The Hall–Kier alpha value is -3.12. The number of nitrogens with zero attached hydrogens (tertiary/aromatic N) is 1. The summed E-state index contributed by atoms with van der Waals surface area (Å²) < 4.78 is 27.7. The van der Waals surface area contributed by atoms with Crippen LogP contribution in [0.15, 0.2) is 83.8 Å². The zero-order valence-corrected chi connectivity index (χ0v) is 16.6. The molecule has 28 heavy (non-hydrogen) atoms. The van der Waals surface area contributed by atoms with Crippen LogP contribution >= 0.6 is 0 Å². The quantitative estimate of drug-likeness (QED) is 0.685. The Labute approximate surface area is 165 Å². The van der Waals surface area contributed by atoms with Crippen LogP contribution in [0.4, 0.5) is 5.69 Å². The summed E-state index contributed by atoms with van der Waals surface area (Å²) in [6, 6.07) is 22.8. The summed E-state index contributed by atoms with van der Waals surface area (Å²) in [5.41, 5.74) is 2.77. The van der Waals surface area contributed by atoms with Crippen molar-refractivity contribution in [2.24, 2.45) is 0 Å². The Balaban J connectivity index is 1.76. The van der Waals surface area contributed by atoms with Gasteiger partial charge in [0.05, 0.1) is 4.90 Å². The first-order valence-electron chi connectivity index (χ1n) is 8.84. The average Bonchev–Trinajstić information content (AvgIpc) is 2.68. The van der Waals surface area contributed by atoms with E-state index in [9.17, 15) is 13.2 Å². The van der Waals surface area contributed by atoms with E-state index in [-0.39, 0.29) is 10.8 Å². The maximum absolute atomic E-state index is 12.7. The molecule has 0 atom stereocenters. The number of amides is 1. The van der Waals surface area contributed by atoms with Crippen LogP contribution in [0, 0.1) is 6.92 Å². The molecule has 144 valence electrons.